The van der Waals surface area contributed by atoms with Crippen molar-refractivity contribution in [2.24, 2.45) is 0 Å². The Morgan fingerprint density at radius 1 is 1.29 bits per heavy atom. The molecule has 6 heteroatoms. The van der Waals surface area contributed by atoms with Gasteiger partial charge in [0, 0.05) is 16.8 Å². The molecule has 0 spiro atoms. The first-order valence-electron chi connectivity index (χ1n) is 4.78. The number of hydrogen-bond acceptors (Lipinski definition) is 6. The first kappa shape index (κ1) is 9.98. The van der Waals surface area contributed by atoms with E-state index in [1.807, 2.05) is 0 Å². The highest BCUT2D eigenvalue weighted by Crippen LogP contribution is 2.22. The molecule has 3 aromatic rings. The lowest BCUT2D eigenvalue weighted by Gasteiger charge is -1.99. The van der Waals surface area contributed by atoms with Crippen molar-refractivity contribution in [1.29, 1.82) is 0 Å². The van der Waals surface area contributed by atoms with Gasteiger partial charge in [0.05, 0.1) is 5.56 Å². The summed E-state index contributed by atoms with van der Waals surface area (Å²) in [6.45, 7) is 0. The number of rotatable bonds is 1. The van der Waals surface area contributed by atoms with Gasteiger partial charge < -0.3 is 9.52 Å². The van der Waals surface area contributed by atoms with Crippen molar-refractivity contribution in [2.75, 3.05) is 0 Å². The van der Waals surface area contributed by atoms with Gasteiger partial charge in [0.2, 0.25) is 0 Å². The second-order valence-electron chi connectivity index (χ2n) is 3.46. The molecule has 0 saturated heterocycles. The van der Waals surface area contributed by atoms with Gasteiger partial charge in [-0.1, -0.05) is 4.49 Å². The topological polar surface area (TPSA) is 76.2 Å². The molecule has 0 atom stereocenters. The van der Waals surface area contributed by atoms with Crippen LogP contribution in [0, 0.1) is 0 Å². The zero-order valence-electron chi connectivity index (χ0n) is 8.45. The normalized spacial score (nSPS) is 10.8. The Hall–Kier alpha value is -2.21. The summed E-state index contributed by atoms with van der Waals surface area (Å²) in [5, 5.41) is 15.5. The minimum absolute atomic E-state index is 0.0590. The monoisotopic (exact) mass is 246 g/mol. The molecule has 0 unspecified atom stereocenters. The van der Waals surface area contributed by atoms with Gasteiger partial charge in [-0.25, -0.2) is 4.79 Å². The zero-order valence-corrected chi connectivity index (χ0v) is 9.27. The SMILES string of the molecule is O=c1oc2cc(O)ccc2cc1-c1csnn1. The van der Waals surface area contributed by atoms with Crippen molar-refractivity contribution in [1.82, 2.24) is 9.59 Å². The summed E-state index contributed by atoms with van der Waals surface area (Å²) in [5.74, 6) is 0.0590. The molecule has 1 N–H and O–H groups in total. The Kier molecular flexibility index (Phi) is 2.15. The van der Waals surface area contributed by atoms with Crippen LogP contribution in [0.25, 0.3) is 22.2 Å². The smallest absolute Gasteiger partial charge is 0.345 e. The summed E-state index contributed by atoms with van der Waals surface area (Å²) in [7, 11) is 0. The average molecular weight is 246 g/mol. The Bertz CT molecular complexity index is 734. The van der Waals surface area contributed by atoms with E-state index in [2.05, 4.69) is 9.59 Å². The molecule has 0 aliphatic rings. The van der Waals surface area contributed by atoms with Gasteiger partial charge >= 0.3 is 5.63 Å². The van der Waals surface area contributed by atoms with E-state index in [1.54, 1.807) is 17.5 Å². The molecule has 0 radical (unpaired) electrons. The number of phenolic OH excluding ortho intramolecular Hbond substituents is 1. The lowest BCUT2D eigenvalue weighted by atomic mass is 10.1. The van der Waals surface area contributed by atoms with E-state index in [0.29, 0.717) is 16.8 Å². The third-order valence-electron chi connectivity index (χ3n) is 2.36. The first-order chi connectivity index (χ1) is 8.24. The van der Waals surface area contributed by atoms with Crippen LogP contribution in [0.15, 0.2) is 38.9 Å². The summed E-state index contributed by atoms with van der Waals surface area (Å²) in [5.41, 5.74) is 0.730. The lowest BCUT2D eigenvalue weighted by Crippen LogP contribution is -2.02. The molecule has 0 saturated carbocycles. The fraction of sp³-hybridized carbons (Fsp3) is 0. The van der Waals surface area contributed by atoms with E-state index in [0.717, 1.165) is 5.39 Å². The molecule has 0 bridgehead atoms. The predicted octanol–water partition coefficient (Wildman–Crippen LogP) is 2.02. The second kappa shape index (κ2) is 3.67. The minimum Gasteiger partial charge on any atom is -0.508 e. The minimum atomic E-state index is -0.490. The second-order valence-corrected chi connectivity index (χ2v) is 4.07. The molecular formula is C11H6N2O3S. The molecule has 0 aliphatic heterocycles. The fourth-order valence-corrected chi connectivity index (χ4v) is 2.02. The number of nitrogens with zero attached hydrogens (tertiary/aromatic N) is 2. The van der Waals surface area contributed by atoms with Crippen molar-refractivity contribution >= 4 is 22.5 Å². The van der Waals surface area contributed by atoms with Gasteiger partial charge in [0.15, 0.2) is 0 Å². The van der Waals surface area contributed by atoms with Crippen molar-refractivity contribution in [3.05, 3.63) is 40.1 Å². The van der Waals surface area contributed by atoms with E-state index >= 15 is 0 Å². The summed E-state index contributed by atoms with van der Waals surface area (Å²) in [4.78, 5) is 11.7. The quantitative estimate of drug-likeness (QED) is 0.665. The van der Waals surface area contributed by atoms with Crippen LogP contribution in [-0.4, -0.2) is 14.7 Å². The summed E-state index contributed by atoms with van der Waals surface area (Å²) in [6, 6.07) is 6.29. The number of fused-ring (bicyclic) bond motifs is 1. The Morgan fingerprint density at radius 2 is 2.18 bits per heavy atom. The molecule has 84 valence electrons. The summed E-state index contributed by atoms with van der Waals surface area (Å²) in [6.07, 6.45) is 0. The number of aromatic nitrogens is 2. The highest BCUT2D eigenvalue weighted by Gasteiger charge is 2.10. The van der Waals surface area contributed by atoms with Crippen LogP contribution in [-0.2, 0) is 0 Å². The number of benzene rings is 1. The zero-order chi connectivity index (χ0) is 11.8. The highest BCUT2D eigenvalue weighted by molar-refractivity contribution is 7.03. The third kappa shape index (κ3) is 1.68. The molecule has 1 aromatic carbocycles. The van der Waals surface area contributed by atoms with Crippen LogP contribution in [0.2, 0.25) is 0 Å². The van der Waals surface area contributed by atoms with Crippen molar-refractivity contribution in [3.8, 4) is 17.0 Å². The number of aromatic hydroxyl groups is 1. The van der Waals surface area contributed by atoms with Crippen molar-refractivity contribution in [3.63, 3.8) is 0 Å². The van der Waals surface area contributed by atoms with Gasteiger partial charge in [0.25, 0.3) is 0 Å². The van der Waals surface area contributed by atoms with Crippen LogP contribution in [0.5, 0.6) is 5.75 Å². The third-order valence-corrected chi connectivity index (χ3v) is 2.86. The maximum Gasteiger partial charge on any atom is 0.345 e. The standard InChI is InChI=1S/C11H6N2O3S/c14-7-2-1-6-3-8(9-5-17-13-12-9)11(15)16-10(6)4-7/h1-5,14H. The van der Waals surface area contributed by atoms with Crippen LogP contribution in [0.1, 0.15) is 0 Å². The Morgan fingerprint density at radius 3 is 2.94 bits per heavy atom. The van der Waals surface area contributed by atoms with Crippen LogP contribution in [0.4, 0.5) is 0 Å². The lowest BCUT2D eigenvalue weighted by molar-refractivity contribution is 0.473. The fourth-order valence-electron chi connectivity index (χ4n) is 1.56. The molecule has 2 heterocycles. The maximum absolute atomic E-state index is 11.7. The van der Waals surface area contributed by atoms with Crippen LogP contribution in [0.3, 0.4) is 0 Å². The van der Waals surface area contributed by atoms with Gasteiger partial charge in [0.1, 0.15) is 17.0 Å². The first-order valence-corrected chi connectivity index (χ1v) is 5.62. The average Bonchev–Trinajstić information content (AvgIpc) is 2.81. The molecular weight excluding hydrogens is 240 g/mol. The highest BCUT2D eigenvalue weighted by atomic mass is 32.1. The van der Waals surface area contributed by atoms with E-state index in [-0.39, 0.29) is 5.75 Å². The molecule has 2 aromatic heterocycles. The van der Waals surface area contributed by atoms with Crippen molar-refractivity contribution < 1.29 is 9.52 Å². The Labute approximate surface area is 99.1 Å². The number of phenols is 1. The van der Waals surface area contributed by atoms with E-state index in [9.17, 15) is 9.90 Å². The van der Waals surface area contributed by atoms with E-state index in [4.69, 9.17) is 4.42 Å². The van der Waals surface area contributed by atoms with Gasteiger partial charge in [-0.2, -0.15) is 0 Å². The van der Waals surface area contributed by atoms with Gasteiger partial charge in [-0.3, -0.25) is 0 Å². The van der Waals surface area contributed by atoms with E-state index < -0.39 is 5.63 Å². The van der Waals surface area contributed by atoms with E-state index in [1.165, 1.54) is 23.7 Å². The molecule has 0 fully saturated rings. The number of hydrogen-bond donors (Lipinski definition) is 1. The van der Waals surface area contributed by atoms with Crippen molar-refractivity contribution in [2.45, 2.75) is 0 Å². The molecule has 0 amide bonds. The molecule has 3 rings (SSSR count). The molecule has 17 heavy (non-hydrogen) atoms. The van der Waals surface area contributed by atoms with Gasteiger partial charge in [-0.05, 0) is 29.7 Å². The van der Waals surface area contributed by atoms with Gasteiger partial charge in [-0.15, -0.1) is 5.10 Å². The predicted molar refractivity (Wildman–Crippen MR) is 63.1 cm³/mol. The van der Waals surface area contributed by atoms with Crippen LogP contribution >= 0.6 is 11.5 Å². The summed E-state index contributed by atoms with van der Waals surface area (Å²) >= 11 is 1.17. The molecule has 0 aliphatic carbocycles. The summed E-state index contributed by atoms with van der Waals surface area (Å²) < 4.78 is 8.82. The van der Waals surface area contributed by atoms with Crippen LogP contribution < -0.4 is 5.63 Å². The molecule has 5 nitrogen and oxygen atoms in total. The Balaban J connectivity index is 2.32. The largest absolute Gasteiger partial charge is 0.508 e. The maximum atomic E-state index is 11.7.